The number of amides is 19. The van der Waals surface area contributed by atoms with Crippen LogP contribution >= 0.6 is 12.6 Å². The van der Waals surface area contributed by atoms with E-state index in [9.17, 15) is 101 Å². The lowest BCUT2D eigenvalue weighted by molar-refractivity contribution is -0.172. The molecule has 2 aromatic carbocycles. The molecule has 45 heteroatoms. The number of aryl methyl sites for hydroxylation is 1. The summed E-state index contributed by atoms with van der Waals surface area (Å²) in [6.45, 7) is 1.71. The highest BCUT2D eigenvalue weighted by Crippen LogP contribution is 2.46. The smallest absolute Gasteiger partial charge is 0.407 e. The first-order chi connectivity index (χ1) is 62.0. The van der Waals surface area contributed by atoms with Crippen LogP contribution in [-0.4, -0.2) is 359 Å². The van der Waals surface area contributed by atoms with Crippen LogP contribution in [0.15, 0.2) is 35.1 Å². The summed E-state index contributed by atoms with van der Waals surface area (Å²) in [7, 11) is 14.5. The molecule has 19 amide bonds. The van der Waals surface area contributed by atoms with E-state index >= 15 is 4.39 Å². The third-order valence-electron chi connectivity index (χ3n) is 23.8. The lowest BCUT2D eigenvalue weighted by atomic mass is 9.81. The van der Waals surface area contributed by atoms with Gasteiger partial charge in [-0.3, -0.25) is 86.4 Å². The van der Waals surface area contributed by atoms with Crippen molar-refractivity contribution >= 4 is 142 Å². The second kappa shape index (κ2) is 45.5. The van der Waals surface area contributed by atoms with Gasteiger partial charge in [0.1, 0.15) is 31.1 Å². The van der Waals surface area contributed by atoms with Crippen molar-refractivity contribution in [3.8, 4) is 11.4 Å². The number of likely N-dealkylation sites (N-methyl/N-ethyl adjacent to an activating group) is 11. The number of likely N-dealkylation sites (tertiary alicyclic amines) is 1. The standard InChI is InChI=1S/C87H119FN20O23S/c1-17-87(129)57-31-62-79-55(35-108(62)82(124)56(57)47-130-84(87)126)77-59(27-26-54-49(4)58(88)32-61(92-79)76(54)77)94-86(128)131-46-51-24-25-53(91-80(122)60(22-21-28-90-85(89)127)93-81(123)78(48(2)3)95-64(110)23-19-18-20-29-107-65(111)33-63(132)83(107)125)30-52(51)34-97(7)67(113)37-99(9)69(115)39-101(11)71(117)41-103(13)73(119)43-105(15)75(121)45-106(16)74(120)44-104(14)72(118)42-102(12)70(116)40-100(10)68(114)38-98(8)66(112)36-96(6)50(5)109/h24-25,30-32,48,59-60,63,78,129,132H,17-23,26-29,33-47H2,1-16H3,(H,91,122)(H,93,123)(H,94,128)(H,95,110)(H3,89,90,127)/t59-,60-,63?,78-,87-/m0/s1. The molecule has 8 N–H and O–H groups in total. The van der Waals surface area contributed by atoms with Gasteiger partial charge in [-0.05, 0) is 104 Å². The van der Waals surface area contributed by atoms with Gasteiger partial charge in [0.15, 0.2) is 5.60 Å². The third-order valence-corrected chi connectivity index (χ3v) is 24.2. The van der Waals surface area contributed by atoms with Gasteiger partial charge in [-0.1, -0.05) is 33.3 Å². The highest BCUT2D eigenvalue weighted by atomic mass is 32.1. The number of carbonyl (C=O) groups excluding carboxylic acids is 19. The maximum atomic E-state index is 15.9. The Morgan fingerprint density at radius 3 is 1.61 bits per heavy atom. The van der Waals surface area contributed by atoms with Crippen molar-refractivity contribution in [3.05, 3.63) is 91.0 Å². The van der Waals surface area contributed by atoms with Crippen molar-refractivity contribution in [3.63, 3.8) is 0 Å². The van der Waals surface area contributed by atoms with Crippen LogP contribution < -0.4 is 37.9 Å². The van der Waals surface area contributed by atoms with E-state index in [0.29, 0.717) is 46.9 Å². The van der Waals surface area contributed by atoms with Crippen molar-refractivity contribution in [1.82, 2.24) is 89.6 Å². The molecular weight excluding hydrogens is 1740 g/mol. The molecule has 0 radical (unpaired) electrons. The Hall–Kier alpha value is -13.2. The minimum atomic E-state index is -2.15. The van der Waals surface area contributed by atoms with Crippen LogP contribution in [0.3, 0.4) is 0 Å². The number of pyridine rings is 2. The van der Waals surface area contributed by atoms with E-state index in [1.165, 1.54) is 129 Å². The number of imide groups is 1. The van der Waals surface area contributed by atoms with Crippen LogP contribution in [0, 0.1) is 18.7 Å². The van der Waals surface area contributed by atoms with Gasteiger partial charge in [0.05, 0.1) is 106 Å². The third kappa shape index (κ3) is 26.1. The average molecular weight is 1860 g/mol. The summed E-state index contributed by atoms with van der Waals surface area (Å²) in [5.41, 5.74) is 6.10. The SMILES string of the molecule is CC[C@@]1(O)C(=O)OCc2c1cc1n(c2=O)Cc2c-1nc1cc(F)c(C)c3c1c2[C@@H](NC(=O)OCc1ccc(NC(=O)[C@H](CCCNC(N)=O)NC(=O)[C@@H](NC(=O)CCCCCN2C(=O)CC(S)C2=O)C(C)C)cc1CN(C)C(=O)CN(C)C(=O)CN(C)C(=O)CN(C)C(=O)CN(C)C(=O)CN(C)C(=O)CN(C)C(=O)CN(C)C(=O)CN(C)C(=O)CN(C)C(=O)CN(C)C(C)=O)CC3. The highest BCUT2D eigenvalue weighted by Gasteiger charge is 2.47. The highest BCUT2D eigenvalue weighted by molar-refractivity contribution is 7.81. The number of urea groups is 1. The van der Waals surface area contributed by atoms with Gasteiger partial charge in [-0.15, -0.1) is 0 Å². The summed E-state index contributed by atoms with van der Waals surface area (Å²) in [6, 6.07) is 3.02. The number of benzene rings is 2. The molecule has 43 nitrogen and oxygen atoms in total. The summed E-state index contributed by atoms with van der Waals surface area (Å²) in [6.07, 6.45) is 0.661. The van der Waals surface area contributed by atoms with Crippen LogP contribution in [0.2, 0.25) is 0 Å². The lowest BCUT2D eigenvalue weighted by Crippen LogP contribution is -2.54. The Morgan fingerprint density at radius 2 is 1.14 bits per heavy atom. The molecule has 5 atom stereocenters. The van der Waals surface area contributed by atoms with Gasteiger partial charge >= 0.3 is 18.1 Å². The number of hydrogen-bond donors (Lipinski definition) is 8. The number of halogens is 1. The number of alkyl carbamates (subject to hydrolysis) is 1. The number of carbonyl (C=O) groups is 19. The molecule has 4 aliphatic rings. The molecule has 1 fully saturated rings. The first kappa shape index (κ1) is 104. The van der Waals surface area contributed by atoms with Crippen molar-refractivity contribution in [2.75, 3.05) is 161 Å². The number of cyclic esters (lactones) is 1. The molecule has 5 heterocycles. The molecule has 4 aromatic rings. The largest absolute Gasteiger partial charge is 0.458 e. The molecular formula is C87H119FN20O23S. The Labute approximate surface area is 767 Å². The molecule has 1 saturated heterocycles. The van der Waals surface area contributed by atoms with Gasteiger partial charge in [-0.25, -0.2) is 23.8 Å². The predicted octanol–water partition coefficient (Wildman–Crippen LogP) is -1.37. The van der Waals surface area contributed by atoms with Crippen molar-refractivity contribution in [2.24, 2.45) is 11.7 Å². The monoisotopic (exact) mass is 1860 g/mol. The Kier molecular flexibility index (Phi) is 35.9. The molecule has 718 valence electrons. The van der Waals surface area contributed by atoms with E-state index in [1.54, 1.807) is 27.7 Å². The number of nitrogens with zero attached hydrogens (tertiary/aromatic N) is 14. The average Bonchev–Trinajstić information content (AvgIpc) is 1.43. The molecule has 0 saturated carbocycles. The molecule has 2 aromatic heterocycles. The van der Waals surface area contributed by atoms with Crippen LogP contribution in [0.1, 0.15) is 136 Å². The lowest BCUT2D eigenvalue weighted by Gasteiger charge is -2.31. The van der Waals surface area contributed by atoms with Crippen LogP contribution in [0.5, 0.6) is 0 Å². The van der Waals surface area contributed by atoms with Gasteiger partial charge < -0.3 is 105 Å². The summed E-state index contributed by atoms with van der Waals surface area (Å²) < 4.78 is 28.6. The number of nitrogens with two attached hydrogens (primary N) is 1. The number of ether oxygens (including phenoxy) is 2. The number of nitrogens with one attached hydrogen (secondary N) is 5. The number of rotatable bonds is 42. The maximum Gasteiger partial charge on any atom is 0.407 e. The Morgan fingerprint density at radius 1 is 0.636 bits per heavy atom. The normalized spacial score (nSPS) is 15.5. The molecule has 132 heavy (non-hydrogen) atoms. The quantitative estimate of drug-likeness (QED) is 0.00967. The minimum Gasteiger partial charge on any atom is -0.458 e. The van der Waals surface area contributed by atoms with Crippen LogP contribution in [0.25, 0.3) is 22.3 Å². The second-order valence-electron chi connectivity index (χ2n) is 34.2. The predicted molar refractivity (Wildman–Crippen MR) is 475 cm³/mol. The zero-order valence-corrected chi connectivity index (χ0v) is 78.1. The second-order valence-corrected chi connectivity index (χ2v) is 34.8. The summed E-state index contributed by atoms with van der Waals surface area (Å²) in [5, 5.41) is 25.2. The molecule has 0 spiro atoms. The summed E-state index contributed by atoms with van der Waals surface area (Å²) >= 11 is 4.16. The molecule has 0 bridgehead atoms. The van der Waals surface area contributed by atoms with E-state index in [-0.39, 0.29) is 140 Å². The van der Waals surface area contributed by atoms with E-state index in [4.69, 9.17) is 20.2 Å². The summed E-state index contributed by atoms with van der Waals surface area (Å²) in [4.78, 5) is 283. The number of aliphatic hydroxyl groups is 1. The minimum absolute atomic E-state index is 0.00563. The first-order valence-electron chi connectivity index (χ1n) is 42.9. The summed E-state index contributed by atoms with van der Waals surface area (Å²) in [5.74, 6) is -11.7. The van der Waals surface area contributed by atoms with Gasteiger partial charge in [0, 0.05) is 145 Å². The number of esters is 1. The van der Waals surface area contributed by atoms with E-state index in [1.807, 2.05) is 0 Å². The fourth-order valence-electron chi connectivity index (χ4n) is 15.2. The van der Waals surface area contributed by atoms with Crippen molar-refractivity contribution in [2.45, 2.75) is 154 Å². The van der Waals surface area contributed by atoms with Gasteiger partial charge in [0.2, 0.25) is 94.5 Å². The number of thiol groups is 1. The molecule has 8 rings (SSSR count). The number of primary amides is 1. The molecule has 1 unspecified atom stereocenters. The molecule has 3 aliphatic heterocycles. The van der Waals surface area contributed by atoms with Crippen molar-refractivity contribution < 1.29 is 110 Å². The first-order valence-corrected chi connectivity index (χ1v) is 43.4. The van der Waals surface area contributed by atoms with Crippen LogP contribution in [0.4, 0.5) is 19.7 Å². The topological polar surface area (TPSA) is 523 Å². The van der Waals surface area contributed by atoms with Crippen molar-refractivity contribution in [1.29, 1.82) is 0 Å². The van der Waals surface area contributed by atoms with Gasteiger partial charge in [0.25, 0.3) is 5.56 Å². The fourth-order valence-corrected chi connectivity index (χ4v) is 15.5. The number of aromatic nitrogens is 2. The van der Waals surface area contributed by atoms with Gasteiger partial charge in [-0.2, -0.15) is 12.6 Å². The zero-order valence-electron chi connectivity index (χ0n) is 77.3. The van der Waals surface area contributed by atoms with Crippen LogP contribution in [-0.2, 0) is 129 Å². The number of fused-ring (bicyclic) bond motifs is 5. The fraction of sp³-hybridized carbons (Fsp3) is 0.552. The van der Waals surface area contributed by atoms with E-state index < -0.39 is 213 Å². The zero-order chi connectivity index (χ0) is 98.1. The van der Waals surface area contributed by atoms with E-state index in [0.717, 1.165) is 49.0 Å². The maximum absolute atomic E-state index is 15.9. The Balaban J connectivity index is 0.913. The Bertz CT molecular complexity index is 5280. The van der Waals surface area contributed by atoms with E-state index in [2.05, 4.69) is 39.2 Å². The number of hydrogen-bond acceptors (Lipinski definition) is 25. The molecule has 1 aliphatic carbocycles. The number of anilines is 1. The number of unbranched alkanes of at least 4 members (excludes halogenated alkanes) is 2.